The Morgan fingerprint density at radius 2 is 1.66 bits per heavy atom. The molecule has 2 N–H and O–H groups in total. The molecule has 1 amide bonds. The predicted molar refractivity (Wildman–Crippen MR) is 119 cm³/mol. The molecule has 1 aromatic heterocycles. The molecule has 0 unspecified atom stereocenters. The van der Waals surface area contributed by atoms with Gasteiger partial charge in [-0.05, 0) is 42.0 Å². The average molecular weight is 476 g/mol. The Balaban J connectivity index is 1.82. The summed E-state index contributed by atoms with van der Waals surface area (Å²) < 4.78 is 42.2. The summed E-state index contributed by atoms with van der Waals surface area (Å²) in [6.07, 6.45) is 0.118. The van der Waals surface area contributed by atoms with E-state index >= 15 is 0 Å². The first-order valence-electron chi connectivity index (χ1n) is 9.55. The van der Waals surface area contributed by atoms with Crippen LogP contribution in [0.1, 0.15) is 22.8 Å². The highest BCUT2D eigenvalue weighted by molar-refractivity contribution is 7.91. The van der Waals surface area contributed by atoms with Crippen molar-refractivity contribution in [1.29, 1.82) is 0 Å². The van der Waals surface area contributed by atoms with E-state index in [1.54, 1.807) is 24.3 Å². The number of nitrogens with one attached hydrogen (secondary N) is 1. The molecule has 2 heterocycles. The number of phenolic OH excluding ortho intramolecular Hbond substituents is 1. The number of carbonyl (C=O) groups excluding carboxylic acids is 1. The van der Waals surface area contributed by atoms with E-state index in [1.165, 1.54) is 50.2 Å². The topological polar surface area (TPSA) is 111 Å². The number of thiophene rings is 1. The molecule has 32 heavy (non-hydrogen) atoms. The molecule has 2 aromatic carbocycles. The van der Waals surface area contributed by atoms with Crippen LogP contribution in [0.4, 0.5) is 5.69 Å². The fourth-order valence-corrected chi connectivity index (χ4v) is 6.58. The summed E-state index contributed by atoms with van der Waals surface area (Å²) in [4.78, 5) is 13.4. The molecule has 4 rings (SSSR count). The third-order valence-electron chi connectivity index (χ3n) is 5.32. The largest absolute Gasteiger partial charge is 0.502 e. The number of hydrogen-bond donors (Lipinski definition) is 2. The zero-order chi connectivity index (χ0) is 23.0. The van der Waals surface area contributed by atoms with Gasteiger partial charge in [0, 0.05) is 22.6 Å². The van der Waals surface area contributed by atoms with Crippen LogP contribution in [-0.2, 0) is 14.6 Å². The first-order chi connectivity index (χ1) is 15.3. The van der Waals surface area contributed by atoms with Gasteiger partial charge in [-0.2, -0.15) is 0 Å². The van der Waals surface area contributed by atoms with Crippen molar-refractivity contribution in [3.63, 3.8) is 0 Å². The van der Waals surface area contributed by atoms with E-state index < -0.39 is 15.8 Å². The van der Waals surface area contributed by atoms with Crippen molar-refractivity contribution in [2.24, 2.45) is 0 Å². The van der Waals surface area contributed by atoms with Crippen molar-refractivity contribution in [1.82, 2.24) is 0 Å². The van der Waals surface area contributed by atoms with Crippen LogP contribution in [-0.4, -0.2) is 40.8 Å². The number of methoxy groups -OCH3 is 3. The standard InChI is InChI=1S/C22H21NO7S2/c1-28-13-4-6-14(7-5-13)32(26,27)18-11-31-22-15(10-19(24)23-20(18)22)12-8-16(29-2)21(25)17(9-12)30-3/h4-9,11,15,25H,10H2,1-3H3,(H,23,24)/t15-/m0/s1. The first kappa shape index (κ1) is 22.0. The molecular weight excluding hydrogens is 454 g/mol. The van der Waals surface area contributed by atoms with Gasteiger partial charge in [-0.1, -0.05) is 0 Å². The van der Waals surface area contributed by atoms with Crippen molar-refractivity contribution < 1.29 is 32.5 Å². The van der Waals surface area contributed by atoms with Gasteiger partial charge in [-0.3, -0.25) is 4.79 Å². The maximum Gasteiger partial charge on any atom is 0.225 e. The monoisotopic (exact) mass is 475 g/mol. The van der Waals surface area contributed by atoms with Gasteiger partial charge in [0.25, 0.3) is 0 Å². The average Bonchev–Trinajstić information content (AvgIpc) is 3.23. The number of phenols is 1. The predicted octanol–water partition coefficient (Wildman–Crippen LogP) is 3.79. The lowest BCUT2D eigenvalue weighted by Crippen LogP contribution is -2.23. The van der Waals surface area contributed by atoms with Crippen LogP contribution in [0.3, 0.4) is 0 Å². The Hall–Kier alpha value is -3.24. The number of rotatable bonds is 6. The maximum atomic E-state index is 13.3. The number of hydrogen-bond acceptors (Lipinski definition) is 8. The number of sulfone groups is 1. The minimum absolute atomic E-state index is 0.0402. The molecular formula is C22H21NO7S2. The van der Waals surface area contributed by atoms with Crippen molar-refractivity contribution in [3.05, 3.63) is 52.2 Å². The Morgan fingerprint density at radius 1 is 1.03 bits per heavy atom. The van der Waals surface area contributed by atoms with Gasteiger partial charge >= 0.3 is 0 Å². The normalized spacial score (nSPS) is 15.6. The second kappa shape index (κ2) is 8.36. The molecule has 1 atom stereocenters. The second-order valence-electron chi connectivity index (χ2n) is 7.10. The Bertz CT molecular complexity index is 1260. The molecule has 0 spiro atoms. The van der Waals surface area contributed by atoms with E-state index in [2.05, 4.69) is 5.32 Å². The summed E-state index contributed by atoms with van der Waals surface area (Å²) in [5.74, 6) is 0.0714. The maximum absolute atomic E-state index is 13.3. The van der Waals surface area contributed by atoms with E-state index in [9.17, 15) is 18.3 Å². The highest BCUT2D eigenvalue weighted by atomic mass is 32.2. The first-order valence-corrected chi connectivity index (χ1v) is 11.9. The molecule has 0 saturated carbocycles. The number of ether oxygens (including phenoxy) is 3. The highest BCUT2D eigenvalue weighted by Gasteiger charge is 2.35. The lowest BCUT2D eigenvalue weighted by Gasteiger charge is -2.24. The van der Waals surface area contributed by atoms with E-state index in [0.717, 1.165) is 0 Å². The summed E-state index contributed by atoms with van der Waals surface area (Å²) >= 11 is 1.25. The van der Waals surface area contributed by atoms with Crippen molar-refractivity contribution in [3.8, 4) is 23.0 Å². The van der Waals surface area contributed by atoms with Crippen molar-refractivity contribution in [2.45, 2.75) is 22.1 Å². The third kappa shape index (κ3) is 3.65. The van der Waals surface area contributed by atoms with E-state index in [1.807, 2.05) is 0 Å². The minimum Gasteiger partial charge on any atom is -0.502 e. The fourth-order valence-electron chi connectivity index (χ4n) is 3.67. The number of amides is 1. The molecule has 8 nitrogen and oxygen atoms in total. The summed E-state index contributed by atoms with van der Waals surface area (Å²) in [6.45, 7) is 0. The molecule has 168 valence electrons. The number of anilines is 1. The van der Waals surface area contributed by atoms with Crippen LogP contribution in [0.25, 0.3) is 0 Å². The Morgan fingerprint density at radius 3 is 2.22 bits per heavy atom. The van der Waals surface area contributed by atoms with Gasteiger partial charge in [0.2, 0.25) is 21.5 Å². The van der Waals surface area contributed by atoms with Gasteiger partial charge in [-0.25, -0.2) is 8.42 Å². The SMILES string of the molecule is COc1ccc(S(=O)(=O)c2csc3c2NC(=O)C[C@H]3c2cc(OC)c(O)c(OC)c2)cc1. The van der Waals surface area contributed by atoms with Crippen LogP contribution in [0.15, 0.2) is 51.6 Å². The molecule has 1 aliphatic rings. The van der Waals surface area contributed by atoms with Gasteiger partial charge in [0.1, 0.15) is 10.6 Å². The summed E-state index contributed by atoms with van der Waals surface area (Å²) in [5, 5.41) is 14.5. The fraction of sp³-hybridized carbons (Fsp3) is 0.227. The number of fused-ring (bicyclic) bond motifs is 1. The molecule has 0 radical (unpaired) electrons. The minimum atomic E-state index is -3.87. The second-order valence-corrected chi connectivity index (χ2v) is 9.93. The van der Waals surface area contributed by atoms with Crippen LogP contribution in [0, 0.1) is 0 Å². The van der Waals surface area contributed by atoms with Crippen LogP contribution in [0.5, 0.6) is 23.0 Å². The molecule has 1 aliphatic heterocycles. The van der Waals surface area contributed by atoms with Gasteiger partial charge < -0.3 is 24.6 Å². The molecule has 10 heteroatoms. The van der Waals surface area contributed by atoms with Crippen LogP contribution in [0.2, 0.25) is 0 Å². The van der Waals surface area contributed by atoms with Crippen molar-refractivity contribution >= 4 is 32.8 Å². The number of carbonyl (C=O) groups is 1. The third-order valence-corrected chi connectivity index (χ3v) is 8.36. The van der Waals surface area contributed by atoms with Crippen LogP contribution >= 0.6 is 11.3 Å². The molecule has 0 fully saturated rings. The molecule has 0 aliphatic carbocycles. The van der Waals surface area contributed by atoms with Gasteiger partial charge in [0.05, 0.1) is 31.9 Å². The molecule has 0 bridgehead atoms. The lowest BCUT2D eigenvalue weighted by molar-refractivity contribution is -0.116. The molecule has 0 saturated heterocycles. The lowest BCUT2D eigenvalue weighted by atomic mass is 9.90. The van der Waals surface area contributed by atoms with Crippen LogP contribution < -0.4 is 19.5 Å². The zero-order valence-electron chi connectivity index (χ0n) is 17.5. The summed E-state index contributed by atoms with van der Waals surface area (Å²) in [6, 6.07) is 9.33. The zero-order valence-corrected chi connectivity index (χ0v) is 19.2. The number of benzene rings is 2. The Labute approximate surface area is 189 Å². The van der Waals surface area contributed by atoms with Gasteiger partial charge in [0.15, 0.2) is 11.5 Å². The van der Waals surface area contributed by atoms with E-state index in [4.69, 9.17) is 14.2 Å². The van der Waals surface area contributed by atoms with E-state index in [0.29, 0.717) is 16.2 Å². The quantitative estimate of drug-likeness (QED) is 0.558. The number of aromatic hydroxyl groups is 1. The van der Waals surface area contributed by atoms with Gasteiger partial charge in [-0.15, -0.1) is 11.3 Å². The summed E-state index contributed by atoms with van der Waals surface area (Å²) in [7, 11) is 0.466. The van der Waals surface area contributed by atoms with Crippen molar-refractivity contribution in [2.75, 3.05) is 26.6 Å². The smallest absolute Gasteiger partial charge is 0.225 e. The van der Waals surface area contributed by atoms with E-state index in [-0.39, 0.29) is 45.1 Å². The highest BCUT2D eigenvalue weighted by Crippen LogP contribution is 2.48. The summed E-state index contributed by atoms with van der Waals surface area (Å²) in [5.41, 5.74) is 0.945. The Kier molecular flexibility index (Phi) is 5.74. The molecule has 3 aromatic rings.